The summed E-state index contributed by atoms with van der Waals surface area (Å²) >= 11 is 11.9. The van der Waals surface area contributed by atoms with Crippen LogP contribution in [0.3, 0.4) is 0 Å². The molecule has 2 aromatic rings. The SMILES string of the molecule is CC(NC(=O)c1ccc(Cl)cc1)C(=O)NC(C)c1ccccc1Cl. The molecule has 0 aliphatic heterocycles. The number of nitrogens with one attached hydrogen (secondary N) is 2. The molecule has 24 heavy (non-hydrogen) atoms. The average molecular weight is 365 g/mol. The number of hydrogen-bond acceptors (Lipinski definition) is 2. The maximum Gasteiger partial charge on any atom is 0.251 e. The van der Waals surface area contributed by atoms with Gasteiger partial charge in [0.15, 0.2) is 0 Å². The van der Waals surface area contributed by atoms with Crippen LogP contribution in [-0.4, -0.2) is 17.9 Å². The largest absolute Gasteiger partial charge is 0.348 e. The Balaban J connectivity index is 1.95. The molecular weight excluding hydrogens is 347 g/mol. The number of carbonyl (C=O) groups excluding carboxylic acids is 2. The Bertz CT molecular complexity index is 732. The van der Waals surface area contributed by atoms with E-state index in [2.05, 4.69) is 10.6 Å². The lowest BCUT2D eigenvalue weighted by Gasteiger charge is -2.19. The van der Waals surface area contributed by atoms with Crippen LogP contribution >= 0.6 is 23.2 Å². The summed E-state index contributed by atoms with van der Waals surface area (Å²) in [6.45, 7) is 3.47. The molecule has 0 bridgehead atoms. The van der Waals surface area contributed by atoms with Gasteiger partial charge < -0.3 is 10.6 Å². The van der Waals surface area contributed by atoms with E-state index in [0.717, 1.165) is 5.56 Å². The van der Waals surface area contributed by atoms with Crippen LogP contribution in [0.25, 0.3) is 0 Å². The summed E-state index contributed by atoms with van der Waals surface area (Å²) in [6, 6.07) is 12.8. The third kappa shape index (κ3) is 4.73. The van der Waals surface area contributed by atoms with Crippen molar-refractivity contribution in [1.29, 1.82) is 0 Å². The Morgan fingerprint density at radius 2 is 1.54 bits per heavy atom. The van der Waals surface area contributed by atoms with Crippen LogP contribution in [0, 0.1) is 0 Å². The molecule has 2 unspecified atom stereocenters. The second kappa shape index (κ2) is 8.18. The Morgan fingerprint density at radius 3 is 2.17 bits per heavy atom. The Labute approximate surface area is 151 Å². The summed E-state index contributed by atoms with van der Waals surface area (Å²) in [4.78, 5) is 24.4. The van der Waals surface area contributed by atoms with Gasteiger partial charge in [0.25, 0.3) is 5.91 Å². The highest BCUT2D eigenvalue weighted by Crippen LogP contribution is 2.22. The van der Waals surface area contributed by atoms with Gasteiger partial charge in [0.1, 0.15) is 6.04 Å². The van der Waals surface area contributed by atoms with Gasteiger partial charge in [-0.25, -0.2) is 0 Å². The standard InChI is InChI=1S/C18H18Cl2N2O2/c1-11(15-5-3-4-6-16(15)20)21-17(23)12(2)22-18(24)13-7-9-14(19)10-8-13/h3-12H,1-2H3,(H,21,23)(H,22,24). The van der Waals surface area contributed by atoms with E-state index < -0.39 is 6.04 Å². The van der Waals surface area contributed by atoms with Crippen LogP contribution in [-0.2, 0) is 4.79 Å². The normalized spacial score (nSPS) is 13.0. The van der Waals surface area contributed by atoms with Crippen molar-refractivity contribution < 1.29 is 9.59 Å². The molecule has 0 saturated carbocycles. The lowest BCUT2D eigenvalue weighted by molar-refractivity contribution is -0.123. The number of halogens is 2. The molecule has 126 valence electrons. The molecule has 0 aliphatic carbocycles. The summed E-state index contributed by atoms with van der Waals surface area (Å²) in [5.41, 5.74) is 1.27. The summed E-state index contributed by atoms with van der Waals surface area (Å²) < 4.78 is 0. The summed E-state index contributed by atoms with van der Waals surface area (Å²) in [5, 5.41) is 6.64. The summed E-state index contributed by atoms with van der Waals surface area (Å²) in [5.74, 6) is -0.621. The first-order chi connectivity index (χ1) is 11.4. The van der Waals surface area contributed by atoms with Crippen LogP contribution in [0.15, 0.2) is 48.5 Å². The van der Waals surface area contributed by atoms with Gasteiger partial charge in [-0.15, -0.1) is 0 Å². The van der Waals surface area contributed by atoms with E-state index in [1.807, 2.05) is 25.1 Å². The van der Waals surface area contributed by atoms with Crippen LogP contribution < -0.4 is 10.6 Å². The second-order valence-electron chi connectivity index (χ2n) is 5.45. The highest BCUT2D eigenvalue weighted by molar-refractivity contribution is 6.31. The zero-order valence-corrected chi connectivity index (χ0v) is 14.9. The maximum atomic E-state index is 12.3. The zero-order chi connectivity index (χ0) is 17.7. The van der Waals surface area contributed by atoms with E-state index in [4.69, 9.17) is 23.2 Å². The first kappa shape index (κ1) is 18.3. The van der Waals surface area contributed by atoms with E-state index in [1.54, 1.807) is 37.3 Å². The molecule has 2 rings (SSSR count). The lowest BCUT2D eigenvalue weighted by Crippen LogP contribution is -2.45. The van der Waals surface area contributed by atoms with Crippen molar-refractivity contribution >= 4 is 35.0 Å². The molecule has 0 heterocycles. The van der Waals surface area contributed by atoms with Gasteiger partial charge in [0.2, 0.25) is 5.91 Å². The second-order valence-corrected chi connectivity index (χ2v) is 6.30. The van der Waals surface area contributed by atoms with Crippen molar-refractivity contribution in [1.82, 2.24) is 10.6 Å². The minimum absolute atomic E-state index is 0.263. The van der Waals surface area contributed by atoms with Gasteiger partial charge in [0.05, 0.1) is 6.04 Å². The van der Waals surface area contributed by atoms with Crippen molar-refractivity contribution in [2.24, 2.45) is 0 Å². The van der Waals surface area contributed by atoms with Gasteiger partial charge in [-0.1, -0.05) is 41.4 Å². The minimum Gasteiger partial charge on any atom is -0.348 e. The quantitative estimate of drug-likeness (QED) is 0.842. The molecular formula is C18H18Cl2N2O2. The van der Waals surface area contributed by atoms with Crippen molar-refractivity contribution in [3.8, 4) is 0 Å². The van der Waals surface area contributed by atoms with Crippen molar-refractivity contribution in [3.05, 3.63) is 69.7 Å². The number of benzene rings is 2. The molecule has 0 radical (unpaired) electrons. The topological polar surface area (TPSA) is 58.2 Å². The van der Waals surface area contributed by atoms with Crippen molar-refractivity contribution in [3.63, 3.8) is 0 Å². The smallest absolute Gasteiger partial charge is 0.251 e. The Morgan fingerprint density at radius 1 is 0.917 bits per heavy atom. The number of hydrogen-bond donors (Lipinski definition) is 2. The Hall–Kier alpha value is -2.04. The van der Waals surface area contributed by atoms with Gasteiger partial charge in [-0.3, -0.25) is 9.59 Å². The monoisotopic (exact) mass is 364 g/mol. The van der Waals surface area contributed by atoms with Gasteiger partial charge in [-0.2, -0.15) is 0 Å². The minimum atomic E-state index is -0.682. The Kier molecular flexibility index (Phi) is 6.23. The maximum absolute atomic E-state index is 12.3. The van der Waals surface area contributed by atoms with E-state index in [0.29, 0.717) is 15.6 Å². The molecule has 0 aliphatic rings. The van der Waals surface area contributed by atoms with Crippen LogP contribution in [0.1, 0.15) is 35.8 Å². The van der Waals surface area contributed by atoms with E-state index in [-0.39, 0.29) is 17.9 Å². The molecule has 0 aromatic heterocycles. The first-order valence-corrected chi connectivity index (χ1v) is 8.25. The lowest BCUT2D eigenvalue weighted by atomic mass is 10.1. The predicted octanol–water partition coefficient (Wildman–Crippen LogP) is 3.99. The van der Waals surface area contributed by atoms with Gasteiger partial charge in [0, 0.05) is 15.6 Å². The van der Waals surface area contributed by atoms with Crippen molar-refractivity contribution in [2.45, 2.75) is 25.9 Å². The average Bonchev–Trinajstić information content (AvgIpc) is 2.55. The van der Waals surface area contributed by atoms with Gasteiger partial charge in [-0.05, 0) is 49.7 Å². The third-order valence-corrected chi connectivity index (χ3v) is 4.17. The highest BCUT2D eigenvalue weighted by atomic mass is 35.5. The third-order valence-electron chi connectivity index (χ3n) is 3.58. The molecule has 0 spiro atoms. The van der Waals surface area contributed by atoms with E-state index in [1.165, 1.54) is 0 Å². The number of carbonyl (C=O) groups is 2. The molecule has 6 heteroatoms. The molecule has 0 fully saturated rings. The number of amides is 2. The molecule has 2 N–H and O–H groups in total. The molecule has 0 saturated heterocycles. The molecule has 2 amide bonds. The van der Waals surface area contributed by atoms with Crippen LogP contribution in [0.5, 0.6) is 0 Å². The van der Waals surface area contributed by atoms with Crippen molar-refractivity contribution in [2.75, 3.05) is 0 Å². The van der Waals surface area contributed by atoms with Crippen LogP contribution in [0.2, 0.25) is 10.0 Å². The summed E-state index contributed by atoms with van der Waals surface area (Å²) in [6.07, 6.45) is 0. The summed E-state index contributed by atoms with van der Waals surface area (Å²) in [7, 11) is 0. The molecule has 2 aromatic carbocycles. The predicted molar refractivity (Wildman–Crippen MR) is 96.4 cm³/mol. The van der Waals surface area contributed by atoms with E-state index in [9.17, 15) is 9.59 Å². The zero-order valence-electron chi connectivity index (χ0n) is 13.3. The van der Waals surface area contributed by atoms with Gasteiger partial charge >= 0.3 is 0 Å². The fourth-order valence-corrected chi connectivity index (χ4v) is 2.61. The molecule has 2 atom stereocenters. The first-order valence-electron chi connectivity index (χ1n) is 7.49. The fraction of sp³-hybridized carbons (Fsp3) is 0.222. The molecule has 4 nitrogen and oxygen atoms in total. The van der Waals surface area contributed by atoms with Crippen LogP contribution in [0.4, 0.5) is 0 Å². The highest BCUT2D eigenvalue weighted by Gasteiger charge is 2.19. The van der Waals surface area contributed by atoms with E-state index >= 15 is 0 Å². The fourth-order valence-electron chi connectivity index (χ4n) is 2.19. The number of rotatable bonds is 5.